The van der Waals surface area contributed by atoms with Crippen LogP contribution in [0.4, 0.5) is 11.5 Å². The molecule has 1 saturated heterocycles. The minimum Gasteiger partial charge on any atom is -0.351 e. The lowest BCUT2D eigenvalue weighted by Gasteiger charge is -2.30. The third-order valence-corrected chi connectivity index (χ3v) is 3.61. The summed E-state index contributed by atoms with van der Waals surface area (Å²) >= 11 is 0. The Labute approximate surface area is 111 Å². The van der Waals surface area contributed by atoms with E-state index in [-0.39, 0.29) is 16.5 Å². The molecule has 0 radical (unpaired) electrons. The van der Waals surface area contributed by atoms with Crippen molar-refractivity contribution in [2.75, 3.05) is 18.0 Å². The van der Waals surface area contributed by atoms with E-state index in [0.29, 0.717) is 31.0 Å². The second kappa shape index (κ2) is 5.38. The number of aldehydes is 1. The van der Waals surface area contributed by atoms with Crippen LogP contribution in [0.15, 0.2) is 0 Å². The number of nitro groups is 1. The van der Waals surface area contributed by atoms with E-state index in [4.69, 9.17) is 0 Å². The zero-order chi connectivity index (χ0) is 14.0. The van der Waals surface area contributed by atoms with Gasteiger partial charge in [0.05, 0.1) is 4.92 Å². The van der Waals surface area contributed by atoms with Crippen LogP contribution in [0.1, 0.15) is 25.5 Å². The minimum absolute atomic E-state index is 0.0779. The van der Waals surface area contributed by atoms with Crippen LogP contribution in [0.2, 0.25) is 0 Å². The topological polar surface area (TPSA) is 81.3 Å². The second-order valence-corrected chi connectivity index (χ2v) is 4.81. The number of aromatic nitrogens is 2. The van der Waals surface area contributed by atoms with Gasteiger partial charge in [-0.25, -0.2) is 4.68 Å². The van der Waals surface area contributed by atoms with Crippen LogP contribution in [0.5, 0.6) is 0 Å². The first kappa shape index (κ1) is 13.5. The van der Waals surface area contributed by atoms with Crippen LogP contribution in [-0.4, -0.2) is 34.1 Å². The Morgan fingerprint density at radius 2 is 2.11 bits per heavy atom. The molecule has 1 aliphatic heterocycles. The van der Waals surface area contributed by atoms with Crippen molar-refractivity contribution >= 4 is 17.8 Å². The molecule has 0 atom stereocenters. The SMILES string of the molecule is CCc1nn(C)c(N2CCC(C=O)CC2)c1[N+](=O)[O-]. The highest BCUT2D eigenvalue weighted by atomic mass is 16.6. The number of aryl methyl sites for hydroxylation is 2. The molecule has 0 N–H and O–H groups in total. The lowest BCUT2D eigenvalue weighted by Crippen LogP contribution is -2.35. The van der Waals surface area contributed by atoms with E-state index in [1.54, 1.807) is 11.7 Å². The van der Waals surface area contributed by atoms with Crippen LogP contribution in [-0.2, 0) is 18.3 Å². The van der Waals surface area contributed by atoms with Gasteiger partial charge < -0.3 is 9.69 Å². The van der Waals surface area contributed by atoms with Gasteiger partial charge in [-0.1, -0.05) is 6.92 Å². The average Bonchev–Trinajstić information content (AvgIpc) is 2.76. The molecule has 0 saturated carbocycles. The average molecular weight is 266 g/mol. The summed E-state index contributed by atoms with van der Waals surface area (Å²) in [4.78, 5) is 23.6. The quantitative estimate of drug-likeness (QED) is 0.466. The smallest absolute Gasteiger partial charge is 0.334 e. The Morgan fingerprint density at radius 3 is 2.58 bits per heavy atom. The molecule has 2 rings (SSSR count). The first-order chi connectivity index (χ1) is 9.08. The number of carbonyl (C=O) groups excluding carboxylic acids is 1. The van der Waals surface area contributed by atoms with E-state index >= 15 is 0 Å². The highest BCUT2D eigenvalue weighted by Gasteiger charge is 2.31. The summed E-state index contributed by atoms with van der Waals surface area (Å²) in [7, 11) is 1.73. The van der Waals surface area contributed by atoms with E-state index in [2.05, 4.69) is 5.10 Å². The van der Waals surface area contributed by atoms with Gasteiger partial charge in [0.2, 0.25) is 5.82 Å². The summed E-state index contributed by atoms with van der Waals surface area (Å²) in [6.07, 6.45) is 3.00. The van der Waals surface area contributed by atoms with Crippen molar-refractivity contribution in [2.24, 2.45) is 13.0 Å². The number of carbonyl (C=O) groups is 1. The van der Waals surface area contributed by atoms with Gasteiger partial charge in [0.1, 0.15) is 12.0 Å². The maximum absolute atomic E-state index is 11.2. The van der Waals surface area contributed by atoms with Crippen LogP contribution < -0.4 is 4.90 Å². The summed E-state index contributed by atoms with van der Waals surface area (Å²) in [5.74, 6) is 0.639. The second-order valence-electron chi connectivity index (χ2n) is 4.81. The fourth-order valence-corrected chi connectivity index (χ4v) is 2.59. The molecular weight excluding hydrogens is 248 g/mol. The Bertz CT molecular complexity index is 489. The van der Waals surface area contributed by atoms with E-state index in [0.717, 1.165) is 19.1 Å². The third kappa shape index (κ3) is 2.45. The standard InChI is InChI=1S/C12H18N4O3/c1-3-10-11(16(18)19)12(14(2)13-10)15-6-4-9(8-17)5-7-15/h8-9H,3-7H2,1-2H3. The molecule has 0 aliphatic carbocycles. The number of hydrogen-bond donors (Lipinski definition) is 0. The van der Waals surface area contributed by atoms with Gasteiger partial charge in [-0.15, -0.1) is 0 Å². The molecule has 7 nitrogen and oxygen atoms in total. The lowest BCUT2D eigenvalue weighted by atomic mass is 9.98. The molecule has 0 bridgehead atoms. The predicted molar refractivity (Wildman–Crippen MR) is 70.2 cm³/mol. The number of nitrogens with zero attached hydrogens (tertiary/aromatic N) is 4. The Kier molecular flexibility index (Phi) is 3.82. The third-order valence-electron chi connectivity index (χ3n) is 3.61. The van der Waals surface area contributed by atoms with Gasteiger partial charge in [-0.3, -0.25) is 10.1 Å². The van der Waals surface area contributed by atoms with Crippen LogP contribution in [0, 0.1) is 16.0 Å². The van der Waals surface area contributed by atoms with Crippen molar-refractivity contribution in [2.45, 2.75) is 26.2 Å². The zero-order valence-electron chi connectivity index (χ0n) is 11.2. The molecule has 2 heterocycles. The van der Waals surface area contributed by atoms with Gasteiger partial charge in [-0.2, -0.15) is 5.10 Å². The van der Waals surface area contributed by atoms with E-state index in [9.17, 15) is 14.9 Å². The number of piperidine rings is 1. The van der Waals surface area contributed by atoms with Crippen molar-refractivity contribution in [3.63, 3.8) is 0 Å². The number of anilines is 1. The van der Waals surface area contributed by atoms with Crippen LogP contribution >= 0.6 is 0 Å². The van der Waals surface area contributed by atoms with Gasteiger partial charge >= 0.3 is 5.69 Å². The Morgan fingerprint density at radius 1 is 1.47 bits per heavy atom. The fraction of sp³-hybridized carbons (Fsp3) is 0.667. The van der Waals surface area contributed by atoms with Crippen LogP contribution in [0.3, 0.4) is 0 Å². The molecule has 0 spiro atoms. The van der Waals surface area contributed by atoms with Crippen LogP contribution in [0.25, 0.3) is 0 Å². The number of rotatable bonds is 4. The minimum atomic E-state index is -0.354. The first-order valence-electron chi connectivity index (χ1n) is 6.49. The normalized spacial score (nSPS) is 16.6. The van der Waals surface area contributed by atoms with Crippen molar-refractivity contribution in [1.82, 2.24) is 9.78 Å². The molecule has 0 amide bonds. The van der Waals surface area contributed by atoms with E-state index in [1.165, 1.54) is 0 Å². The molecule has 104 valence electrons. The predicted octanol–water partition coefficient (Wildman–Crippen LogP) is 1.31. The van der Waals surface area contributed by atoms with Crippen molar-refractivity contribution in [3.05, 3.63) is 15.8 Å². The highest BCUT2D eigenvalue weighted by Crippen LogP contribution is 2.33. The summed E-state index contributed by atoms with van der Waals surface area (Å²) in [6.45, 7) is 3.18. The Balaban J connectivity index is 2.32. The summed E-state index contributed by atoms with van der Waals surface area (Å²) in [6, 6.07) is 0. The fourth-order valence-electron chi connectivity index (χ4n) is 2.59. The van der Waals surface area contributed by atoms with Crippen molar-refractivity contribution in [1.29, 1.82) is 0 Å². The highest BCUT2D eigenvalue weighted by molar-refractivity contribution is 5.62. The van der Waals surface area contributed by atoms with E-state index < -0.39 is 0 Å². The maximum atomic E-state index is 11.2. The van der Waals surface area contributed by atoms with Crippen molar-refractivity contribution < 1.29 is 9.72 Å². The Hall–Kier alpha value is -1.92. The summed E-state index contributed by atoms with van der Waals surface area (Å²) in [5, 5.41) is 15.5. The maximum Gasteiger partial charge on any atom is 0.334 e. The van der Waals surface area contributed by atoms with Gasteiger partial charge in [0.25, 0.3) is 0 Å². The lowest BCUT2D eigenvalue weighted by molar-refractivity contribution is -0.384. The largest absolute Gasteiger partial charge is 0.351 e. The molecule has 0 aromatic carbocycles. The molecule has 1 aromatic rings. The van der Waals surface area contributed by atoms with Gasteiger partial charge in [-0.05, 0) is 19.3 Å². The molecular formula is C12H18N4O3. The summed E-state index contributed by atoms with van der Waals surface area (Å²) in [5.41, 5.74) is 0.620. The molecule has 7 heteroatoms. The molecule has 1 aliphatic rings. The van der Waals surface area contributed by atoms with Gasteiger partial charge in [0, 0.05) is 26.1 Å². The molecule has 19 heavy (non-hydrogen) atoms. The number of hydrogen-bond acceptors (Lipinski definition) is 5. The van der Waals surface area contributed by atoms with Gasteiger partial charge in [0.15, 0.2) is 0 Å². The zero-order valence-corrected chi connectivity index (χ0v) is 11.2. The monoisotopic (exact) mass is 266 g/mol. The van der Waals surface area contributed by atoms with E-state index in [1.807, 2.05) is 11.8 Å². The molecule has 0 unspecified atom stereocenters. The first-order valence-corrected chi connectivity index (χ1v) is 6.49. The molecule has 1 fully saturated rings. The van der Waals surface area contributed by atoms with Crippen molar-refractivity contribution in [3.8, 4) is 0 Å². The molecule has 1 aromatic heterocycles. The summed E-state index contributed by atoms with van der Waals surface area (Å²) < 4.78 is 1.58.